The van der Waals surface area contributed by atoms with Crippen LogP contribution in [0.3, 0.4) is 0 Å². The van der Waals surface area contributed by atoms with Crippen molar-refractivity contribution in [1.29, 1.82) is 5.26 Å². The van der Waals surface area contributed by atoms with Gasteiger partial charge in [0.1, 0.15) is 17.6 Å². The Hall–Kier alpha value is -5.17. The third-order valence-electron chi connectivity index (χ3n) is 7.82. The fourth-order valence-electron chi connectivity index (χ4n) is 5.70. The van der Waals surface area contributed by atoms with Gasteiger partial charge in [0.05, 0.1) is 39.6 Å². The van der Waals surface area contributed by atoms with Gasteiger partial charge in [-0.2, -0.15) is 5.26 Å². The predicted octanol–water partition coefficient (Wildman–Crippen LogP) is 6.47. The maximum Gasteiger partial charge on any atom is 0.343 e. The molecule has 2 aliphatic heterocycles. The van der Waals surface area contributed by atoms with Crippen LogP contribution in [0.5, 0.6) is 5.75 Å². The van der Waals surface area contributed by atoms with Crippen molar-refractivity contribution in [2.24, 2.45) is 4.99 Å². The Morgan fingerprint density at radius 2 is 1.77 bits per heavy atom. The molecule has 1 N–H and O–H groups in total. The Balaban J connectivity index is 1.32. The Labute approximate surface area is 257 Å². The molecule has 0 saturated carbocycles. The molecule has 3 aromatic carbocycles. The molecule has 216 valence electrons. The lowest BCUT2D eigenvalue weighted by Gasteiger charge is -2.29. The number of hydrogen-bond acceptors (Lipinski definition) is 8. The van der Waals surface area contributed by atoms with Crippen molar-refractivity contribution in [1.82, 2.24) is 10.3 Å². The van der Waals surface area contributed by atoms with Crippen molar-refractivity contribution in [2.45, 2.75) is 6.54 Å². The lowest BCUT2D eigenvalue weighted by atomic mass is 9.89. The number of aliphatic imine (C=N–C) groups is 1. The van der Waals surface area contributed by atoms with Gasteiger partial charge in [0.2, 0.25) is 0 Å². The molecule has 7 rings (SSSR count). The number of fused-ring (bicyclic) bond motifs is 1. The van der Waals surface area contributed by atoms with Crippen LogP contribution in [0.1, 0.15) is 32.1 Å². The van der Waals surface area contributed by atoms with Gasteiger partial charge in [0.25, 0.3) is 0 Å². The Morgan fingerprint density at radius 1 is 0.977 bits per heavy atom. The van der Waals surface area contributed by atoms with Crippen LogP contribution >= 0.6 is 11.3 Å². The van der Waals surface area contributed by atoms with Crippen molar-refractivity contribution in [3.8, 4) is 34.2 Å². The number of carbonyl (C=O) groups excluding carboxylic acids is 1. The summed E-state index contributed by atoms with van der Waals surface area (Å²) >= 11 is 1.57. The van der Waals surface area contributed by atoms with Crippen LogP contribution in [-0.4, -0.2) is 42.8 Å². The number of anilines is 1. The first-order valence-electron chi connectivity index (χ1n) is 14.3. The van der Waals surface area contributed by atoms with E-state index in [2.05, 4.69) is 28.4 Å². The third kappa shape index (κ3) is 5.15. The molecule has 2 aromatic heterocycles. The molecule has 44 heavy (non-hydrogen) atoms. The summed E-state index contributed by atoms with van der Waals surface area (Å²) < 4.78 is 21.2. The summed E-state index contributed by atoms with van der Waals surface area (Å²) in [7, 11) is 0. The number of nitrogens with one attached hydrogen (secondary N) is 1. The highest BCUT2D eigenvalue weighted by Gasteiger charge is 2.30. The summed E-state index contributed by atoms with van der Waals surface area (Å²) in [6.45, 7) is 4.02. The minimum Gasteiger partial charge on any atom is -0.423 e. The molecule has 5 aromatic rings. The number of halogens is 1. The third-order valence-corrected chi connectivity index (χ3v) is 8.69. The van der Waals surface area contributed by atoms with E-state index < -0.39 is 11.8 Å². The molecule has 0 spiro atoms. The Bertz CT molecular complexity index is 1930. The van der Waals surface area contributed by atoms with Gasteiger partial charge in [-0.25, -0.2) is 14.2 Å². The fourth-order valence-corrected chi connectivity index (χ4v) is 6.44. The standard InChI is InChI=1S/C35H26FN5O2S/c36-28-19-25(43-35(42)23-5-2-1-3-6-23)12-13-26(28)33-27(20-37)31(22-8-10-24(11-9-22)41-16-14-38-15-17-41)32-29(40-33)21-39-34(32)30-7-4-18-44-30/h1-13,18-19,38H,14-17,21H2. The number of esters is 1. The van der Waals surface area contributed by atoms with Crippen LogP contribution in [-0.2, 0) is 6.54 Å². The number of nitrogens with zero attached hydrogens (tertiary/aromatic N) is 4. The number of rotatable bonds is 6. The molecule has 0 unspecified atom stereocenters. The van der Waals surface area contributed by atoms with Crippen molar-refractivity contribution in [2.75, 3.05) is 31.1 Å². The minimum atomic E-state index is -0.648. The second kappa shape index (κ2) is 11.8. The van der Waals surface area contributed by atoms with Gasteiger partial charge in [-0.3, -0.25) is 4.99 Å². The molecule has 0 aliphatic carbocycles. The van der Waals surface area contributed by atoms with E-state index in [1.807, 2.05) is 29.6 Å². The van der Waals surface area contributed by atoms with E-state index >= 15 is 4.39 Å². The van der Waals surface area contributed by atoms with Crippen LogP contribution in [0.25, 0.3) is 22.4 Å². The van der Waals surface area contributed by atoms with Gasteiger partial charge >= 0.3 is 5.97 Å². The molecule has 0 amide bonds. The molecule has 0 radical (unpaired) electrons. The number of carbonyl (C=O) groups is 1. The lowest BCUT2D eigenvalue weighted by molar-refractivity contribution is 0.0734. The fraction of sp³-hybridized carbons (Fsp3) is 0.143. The smallest absolute Gasteiger partial charge is 0.343 e. The molecule has 1 saturated heterocycles. The van der Waals surface area contributed by atoms with Crippen molar-refractivity contribution < 1.29 is 13.9 Å². The number of benzene rings is 3. The van der Waals surface area contributed by atoms with Gasteiger partial charge in [0, 0.05) is 54.6 Å². The molecular formula is C35H26FN5O2S. The molecule has 4 heterocycles. The van der Waals surface area contributed by atoms with Crippen molar-refractivity contribution >= 4 is 28.7 Å². The summed E-state index contributed by atoms with van der Waals surface area (Å²) in [5, 5.41) is 16.0. The van der Waals surface area contributed by atoms with E-state index in [1.165, 1.54) is 12.1 Å². The zero-order valence-electron chi connectivity index (χ0n) is 23.6. The summed E-state index contributed by atoms with van der Waals surface area (Å²) in [5.74, 6) is -1.17. The second-order valence-corrected chi connectivity index (χ2v) is 11.4. The van der Waals surface area contributed by atoms with Crippen LogP contribution in [0.4, 0.5) is 10.1 Å². The second-order valence-electron chi connectivity index (χ2n) is 10.5. The largest absolute Gasteiger partial charge is 0.423 e. The first-order chi connectivity index (χ1) is 21.6. The number of ether oxygens (including phenoxy) is 1. The van der Waals surface area contributed by atoms with Gasteiger partial charge in [-0.05, 0) is 53.4 Å². The predicted molar refractivity (Wildman–Crippen MR) is 170 cm³/mol. The average Bonchev–Trinajstić information content (AvgIpc) is 3.75. The normalized spacial score (nSPS) is 14.1. The Kier molecular flexibility index (Phi) is 7.44. The first-order valence-corrected chi connectivity index (χ1v) is 15.2. The van der Waals surface area contributed by atoms with Crippen LogP contribution in [0.15, 0.2) is 95.3 Å². The van der Waals surface area contributed by atoms with Crippen molar-refractivity contribution in [3.05, 3.63) is 123 Å². The van der Waals surface area contributed by atoms with E-state index in [4.69, 9.17) is 14.7 Å². The van der Waals surface area contributed by atoms with E-state index in [9.17, 15) is 10.1 Å². The zero-order valence-corrected chi connectivity index (χ0v) is 24.4. The minimum absolute atomic E-state index is 0.0619. The zero-order chi connectivity index (χ0) is 30.0. The quantitative estimate of drug-likeness (QED) is 0.178. The monoisotopic (exact) mass is 599 g/mol. The number of hydrogen-bond donors (Lipinski definition) is 1. The lowest BCUT2D eigenvalue weighted by Crippen LogP contribution is -2.43. The molecule has 0 bridgehead atoms. The van der Waals surface area contributed by atoms with Crippen LogP contribution < -0.4 is 15.0 Å². The average molecular weight is 600 g/mol. The van der Waals surface area contributed by atoms with Gasteiger partial charge in [0.15, 0.2) is 0 Å². The molecule has 7 nitrogen and oxygen atoms in total. The van der Waals surface area contributed by atoms with E-state index in [-0.39, 0.29) is 22.6 Å². The maximum absolute atomic E-state index is 15.8. The SMILES string of the molecule is N#Cc1c(-c2ccc(OC(=O)c3ccccc3)cc2F)nc2c(c1-c1ccc(N3CCNCC3)cc1)C(c1cccs1)=NC2. The first kappa shape index (κ1) is 27.7. The molecular weight excluding hydrogens is 573 g/mol. The van der Waals surface area contributed by atoms with Gasteiger partial charge in [-0.1, -0.05) is 36.4 Å². The summed E-state index contributed by atoms with van der Waals surface area (Å²) in [5.41, 5.74) is 5.90. The van der Waals surface area contributed by atoms with Crippen LogP contribution in [0, 0.1) is 17.1 Å². The maximum atomic E-state index is 15.8. The summed E-state index contributed by atoms with van der Waals surface area (Å²) in [6, 6.07) is 27.2. The summed E-state index contributed by atoms with van der Waals surface area (Å²) in [6.07, 6.45) is 0. The van der Waals surface area contributed by atoms with Gasteiger partial charge < -0.3 is 15.0 Å². The van der Waals surface area contributed by atoms with E-state index in [0.717, 1.165) is 59.6 Å². The number of thiophene rings is 1. The number of nitriles is 1. The number of pyridine rings is 1. The van der Waals surface area contributed by atoms with Crippen LogP contribution in [0.2, 0.25) is 0 Å². The van der Waals surface area contributed by atoms with Crippen molar-refractivity contribution in [3.63, 3.8) is 0 Å². The number of aromatic nitrogens is 1. The van der Waals surface area contributed by atoms with Gasteiger partial charge in [-0.15, -0.1) is 11.3 Å². The highest BCUT2D eigenvalue weighted by Crippen LogP contribution is 2.41. The topological polar surface area (TPSA) is 90.6 Å². The molecule has 9 heteroatoms. The molecule has 1 fully saturated rings. The summed E-state index contributed by atoms with van der Waals surface area (Å²) in [4.78, 5) is 25.5. The highest BCUT2D eigenvalue weighted by atomic mass is 32.1. The molecule has 2 aliphatic rings. The highest BCUT2D eigenvalue weighted by molar-refractivity contribution is 7.12. The van der Waals surface area contributed by atoms with E-state index in [0.29, 0.717) is 23.4 Å². The van der Waals surface area contributed by atoms with E-state index in [1.54, 1.807) is 41.7 Å². The Morgan fingerprint density at radius 3 is 2.48 bits per heavy atom. The molecule has 0 atom stereocenters. The number of piperazine rings is 1.